The number of carbonyl (C=O) groups excluding carboxylic acids is 10. The molecular formula is C94H162N12O22S3Si. The molecule has 0 saturated carbocycles. The number of nitrogens with one attached hydrogen (secondary N) is 3. The van der Waals surface area contributed by atoms with Gasteiger partial charge in [0, 0.05) is 73.3 Å². The smallest absolute Gasteiger partial charge is 0.355 e. The standard InChI is InChI=1S/C34H60N4O7SSi.C30H48N4O8S.C28H46N4O7S.2CH4/c1-10-17-29(39)44-22-38(33(41)30(24(8)11-2)36-31(40)26-18-15-16-19-37(26)9)27(23(6)7)20-28(45-47(12-3,13-4)14-5)32-35-25(21-46-32)34(42)43;1-8-12-25(36)41-17-34(29(38)26(19(5)9-2)32-27(37)22-13-10-11-14-33(22)7)23(18(3)4)15-24(42-20(6)35)28-31-21(16-43-28)30(39)40;1-7-11-23(34)39-16-32(21(17(3)4)14-22(33)26-29-19(15-40-26)28(37)38)27(36)24(18(5)8-2)30-25(35)20-12-9-10-13-31(20)6;;/h21,23-24,26-28,30H,10-20,22H2,1-9H3,(H,36,40)(H,42,43);16,18-19,22-24,26H,8-15,17H2,1-7H3,(H,32,37)(H,39,40);15,17-18,20-22,24,33H,7-14,16H2,1-6H3,(H,30,35)(H,37,38);2*1H4/t24?,26-,27-,28-,30+;19?,22-,23-,24-,26+;18?,20-,21-,22-,24+;;/m111../s1. The molecule has 6 amide bonds. The maximum atomic E-state index is 14.7. The van der Waals surface area contributed by atoms with Crippen molar-refractivity contribution < 1.29 is 106 Å². The van der Waals surface area contributed by atoms with E-state index in [9.17, 15) is 82.8 Å². The van der Waals surface area contributed by atoms with Crippen molar-refractivity contribution in [2.75, 3.05) is 61.0 Å². The second-order valence-electron chi connectivity index (χ2n) is 35.9. The SMILES string of the molecule is C.C.CCCC(=O)OCN(C(=O)[C@@H](NC(=O)[C@H]1CCCCN1C)C(C)CC)[C@H](C[C@@H](O)c1nc(C(=O)O)cs1)C(C)C.CCCC(=O)OCN(C(=O)[C@@H](NC(=O)[C@H]1CCCCN1C)C(C)CC)[C@H](C[C@@H](OC(C)=O)c1nc(C(=O)O)cs1)C(C)C.CCCC(=O)OCN(C(=O)[C@@H](NC(=O)[C@H]1CCCCN1C)C(C)CC)[C@H](C[C@@H](O[Si](CC)(CC)CC)c1nc(C(=O)O)cs1)C(C)C. The van der Waals surface area contributed by atoms with E-state index in [1.54, 1.807) is 4.90 Å². The zero-order valence-electron chi connectivity index (χ0n) is 81.2. The summed E-state index contributed by atoms with van der Waals surface area (Å²) in [6, 6.07) is -2.54. The summed E-state index contributed by atoms with van der Waals surface area (Å²) in [5.41, 5.74) is -0.370. The Labute approximate surface area is 798 Å². The van der Waals surface area contributed by atoms with E-state index in [2.05, 4.69) is 51.7 Å². The first-order valence-electron chi connectivity index (χ1n) is 47.0. The van der Waals surface area contributed by atoms with Crippen LogP contribution in [0.5, 0.6) is 0 Å². The van der Waals surface area contributed by atoms with E-state index >= 15 is 0 Å². The number of aromatic nitrogens is 3. The molecule has 7 N–H and O–H groups in total. The highest BCUT2D eigenvalue weighted by molar-refractivity contribution is 7.10. The van der Waals surface area contributed by atoms with Crippen LogP contribution in [0.2, 0.25) is 18.1 Å². The maximum Gasteiger partial charge on any atom is 0.355 e. The Hall–Kier alpha value is -7.98. The fourth-order valence-corrected chi connectivity index (χ4v) is 21.7. The minimum Gasteiger partial charge on any atom is -0.476 e. The molecule has 3 fully saturated rings. The average molecular weight is 1940 g/mol. The van der Waals surface area contributed by atoms with Crippen molar-refractivity contribution >= 4 is 120 Å². The van der Waals surface area contributed by atoms with Gasteiger partial charge in [-0.05, 0) is 159 Å². The minimum absolute atomic E-state index is 0. The van der Waals surface area contributed by atoms with Crippen molar-refractivity contribution in [2.24, 2.45) is 35.5 Å². The Morgan fingerprint density at radius 3 is 0.977 bits per heavy atom. The third-order valence-corrected chi connectivity index (χ3v) is 32.9. The molecular weight excluding hydrogens is 1770 g/mol. The minimum atomic E-state index is -2.22. The zero-order chi connectivity index (χ0) is 97.6. The number of carboxylic acids is 3. The molecule has 0 aliphatic carbocycles. The molecule has 3 saturated heterocycles. The molecule has 0 aromatic carbocycles. The van der Waals surface area contributed by atoms with E-state index in [4.69, 9.17) is 23.4 Å². The fraction of sp³-hybridized carbons (Fsp3) is 0.766. The summed E-state index contributed by atoms with van der Waals surface area (Å²) in [5, 5.41) is 53.7. The highest BCUT2D eigenvalue weighted by atomic mass is 32.1. The number of aromatic carboxylic acids is 3. The molecule has 38 heteroatoms. The number of likely N-dealkylation sites (N-methyl/N-ethyl adjacent to an activating group) is 3. The third kappa shape index (κ3) is 36.9. The predicted octanol–water partition coefficient (Wildman–Crippen LogP) is 15.2. The molecule has 3 aromatic rings. The van der Waals surface area contributed by atoms with Crippen LogP contribution >= 0.6 is 34.0 Å². The van der Waals surface area contributed by atoms with Gasteiger partial charge >= 0.3 is 41.8 Å². The number of thiazole rings is 3. The van der Waals surface area contributed by atoms with Gasteiger partial charge in [0.2, 0.25) is 35.4 Å². The number of aliphatic hydroxyl groups is 1. The number of rotatable bonds is 51. The number of hydrogen-bond acceptors (Lipinski definition) is 28. The second kappa shape index (κ2) is 60.5. The number of nitrogens with zero attached hydrogens (tertiary/aromatic N) is 9. The summed E-state index contributed by atoms with van der Waals surface area (Å²) >= 11 is 3.33. The lowest BCUT2D eigenvalue weighted by molar-refractivity contribution is -0.161. The van der Waals surface area contributed by atoms with Crippen LogP contribution in [0, 0.1) is 35.5 Å². The van der Waals surface area contributed by atoms with E-state index in [-0.39, 0.29) is 177 Å². The first kappa shape index (κ1) is 120. The summed E-state index contributed by atoms with van der Waals surface area (Å²) in [5.74, 6) is -8.13. The van der Waals surface area contributed by atoms with E-state index in [0.29, 0.717) is 56.4 Å². The number of piperidine rings is 3. The van der Waals surface area contributed by atoms with E-state index < -0.39 is 111 Å². The first-order chi connectivity index (χ1) is 61.5. The number of esters is 4. The summed E-state index contributed by atoms with van der Waals surface area (Å²) < 4.78 is 29.3. The summed E-state index contributed by atoms with van der Waals surface area (Å²) in [6.07, 6.45) is 10.2. The van der Waals surface area contributed by atoms with E-state index in [1.807, 2.05) is 140 Å². The number of amides is 6. The number of hydrogen-bond donors (Lipinski definition) is 7. The van der Waals surface area contributed by atoms with Crippen molar-refractivity contribution in [1.29, 1.82) is 0 Å². The van der Waals surface area contributed by atoms with Crippen LogP contribution in [0.4, 0.5) is 0 Å². The van der Waals surface area contributed by atoms with Crippen molar-refractivity contribution in [1.82, 2.24) is 60.3 Å². The normalized spacial score (nSPS) is 18.2. The number of likely N-dealkylation sites (tertiary alicyclic amines) is 3. The number of carboxylic acid groups (broad SMARTS) is 3. The fourth-order valence-electron chi connectivity index (χ4n) is 16.3. The van der Waals surface area contributed by atoms with Crippen molar-refractivity contribution in [3.05, 3.63) is 48.2 Å². The Balaban J connectivity index is 0.000000667. The van der Waals surface area contributed by atoms with Crippen molar-refractivity contribution in [3.63, 3.8) is 0 Å². The molecule has 34 nitrogen and oxygen atoms in total. The highest BCUT2D eigenvalue weighted by Crippen LogP contribution is 2.39. The monoisotopic (exact) mass is 1940 g/mol. The molecule has 6 rings (SSSR count). The number of aliphatic hydroxyl groups excluding tert-OH is 1. The topological polar surface area (TPSA) is 443 Å². The molecule has 132 heavy (non-hydrogen) atoms. The highest BCUT2D eigenvalue weighted by Gasteiger charge is 2.45. The number of carbonyl (C=O) groups is 13. The maximum absolute atomic E-state index is 14.7. The van der Waals surface area contributed by atoms with Crippen LogP contribution in [0.15, 0.2) is 16.1 Å². The van der Waals surface area contributed by atoms with Gasteiger partial charge in [-0.2, -0.15) is 0 Å². The van der Waals surface area contributed by atoms with Crippen molar-refractivity contribution in [3.8, 4) is 0 Å². The summed E-state index contributed by atoms with van der Waals surface area (Å²) in [6.45, 7) is 38.0. The van der Waals surface area contributed by atoms with Gasteiger partial charge in [0.1, 0.15) is 39.3 Å². The molecule has 3 aromatic heterocycles. The van der Waals surface area contributed by atoms with Crippen LogP contribution in [0.25, 0.3) is 0 Å². The quantitative estimate of drug-likeness (QED) is 0.0119. The Bertz CT molecular complexity index is 4060. The van der Waals surface area contributed by atoms with Crippen LogP contribution in [0.3, 0.4) is 0 Å². The molecule has 3 aliphatic heterocycles. The molecule has 15 atom stereocenters. The van der Waals surface area contributed by atoms with Crippen molar-refractivity contribution in [2.45, 2.75) is 372 Å². The molecule has 0 bridgehead atoms. The molecule has 6 heterocycles. The predicted molar refractivity (Wildman–Crippen MR) is 514 cm³/mol. The van der Waals surface area contributed by atoms with Gasteiger partial charge in [0.25, 0.3) is 0 Å². The Morgan fingerprint density at radius 1 is 0.439 bits per heavy atom. The molecule has 752 valence electrons. The third-order valence-electron chi connectivity index (χ3n) is 25.4. The Kier molecular flexibility index (Phi) is 55.0. The van der Waals surface area contributed by atoms with Gasteiger partial charge in [0.15, 0.2) is 51.7 Å². The lowest BCUT2D eigenvalue weighted by Gasteiger charge is -2.41. The van der Waals surface area contributed by atoms with Gasteiger partial charge in [-0.1, -0.05) is 178 Å². The van der Waals surface area contributed by atoms with Crippen LogP contribution in [-0.4, -0.2) is 266 Å². The second-order valence-corrected chi connectivity index (χ2v) is 43.3. The first-order valence-corrected chi connectivity index (χ1v) is 52.1. The van der Waals surface area contributed by atoms with Gasteiger partial charge in [-0.25, -0.2) is 29.3 Å². The van der Waals surface area contributed by atoms with Gasteiger partial charge < -0.3 is 74.4 Å². The Morgan fingerprint density at radius 2 is 0.720 bits per heavy atom. The number of ether oxygens (including phenoxy) is 4. The molecule has 3 unspecified atom stereocenters. The molecule has 0 spiro atoms. The van der Waals surface area contributed by atoms with E-state index in [1.165, 1.54) is 44.2 Å². The van der Waals surface area contributed by atoms with Crippen LogP contribution in [0.1, 0.15) is 346 Å². The van der Waals surface area contributed by atoms with Gasteiger partial charge in [0.05, 0.1) is 24.2 Å². The summed E-state index contributed by atoms with van der Waals surface area (Å²) in [7, 11) is 3.54. The lowest BCUT2D eigenvalue weighted by atomic mass is 9.92. The van der Waals surface area contributed by atoms with Gasteiger partial charge in [-0.15, -0.1) is 34.0 Å². The molecule has 3 aliphatic rings. The molecule has 0 radical (unpaired) electrons. The van der Waals surface area contributed by atoms with E-state index in [0.717, 1.165) is 112 Å². The average Bonchev–Trinajstić information content (AvgIpc) is 1.58. The van der Waals surface area contributed by atoms with Gasteiger partial charge in [-0.3, -0.25) is 62.6 Å². The largest absolute Gasteiger partial charge is 0.476 e. The zero-order valence-corrected chi connectivity index (χ0v) is 84.7. The lowest BCUT2D eigenvalue weighted by Crippen LogP contribution is -2.59. The van der Waals surface area contributed by atoms with Crippen LogP contribution in [-0.2, 0) is 71.3 Å². The summed E-state index contributed by atoms with van der Waals surface area (Å²) in [4.78, 5) is 191. The van der Waals surface area contributed by atoms with Crippen LogP contribution < -0.4 is 16.0 Å².